The van der Waals surface area contributed by atoms with Crippen LogP contribution >= 0.6 is 23.2 Å². The highest BCUT2D eigenvalue weighted by Crippen LogP contribution is 2.28. The van der Waals surface area contributed by atoms with E-state index < -0.39 is 0 Å². The zero-order valence-electron chi connectivity index (χ0n) is 9.50. The minimum Gasteiger partial charge on any atom is -0.350 e. The van der Waals surface area contributed by atoms with Crippen molar-refractivity contribution in [1.82, 2.24) is 15.2 Å². The first-order chi connectivity index (χ1) is 9.13. The third-order valence-electron chi connectivity index (χ3n) is 2.66. The van der Waals surface area contributed by atoms with Gasteiger partial charge in [-0.2, -0.15) is 5.10 Å². The number of hydrogen-bond acceptors (Lipinski definition) is 2. The van der Waals surface area contributed by atoms with Gasteiger partial charge in [-0.1, -0.05) is 23.2 Å². The fourth-order valence-corrected chi connectivity index (χ4v) is 2.10. The van der Waals surface area contributed by atoms with E-state index in [9.17, 15) is 4.79 Å². The van der Waals surface area contributed by atoms with Crippen molar-refractivity contribution in [2.24, 2.45) is 0 Å². The van der Waals surface area contributed by atoms with Crippen molar-refractivity contribution in [3.63, 3.8) is 0 Å². The molecule has 0 aliphatic carbocycles. The molecule has 3 aromatic rings. The zero-order valence-corrected chi connectivity index (χ0v) is 11.0. The van der Waals surface area contributed by atoms with Crippen LogP contribution in [-0.4, -0.2) is 21.1 Å². The van der Waals surface area contributed by atoms with Crippen molar-refractivity contribution in [3.8, 4) is 0 Å². The highest BCUT2D eigenvalue weighted by Gasteiger charge is 2.11. The van der Waals surface area contributed by atoms with Gasteiger partial charge in [0, 0.05) is 17.1 Å². The smallest absolute Gasteiger partial charge is 0.272 e. The molecular formula is C12H8Cl2N4O. The van der Waals surface area contributed by atoms with Gasteiger partial charge in [0.15, 0.2) is 0 Å². The largest absolute Gasteiger partial charge is 0.350 e. The van der Waals surface area contributed by atoms with Crippen LogP contribution in [0.25, 0.3) is 10.9 Å². The number of H-pyrrole nitrogens is 2. The number of aromatic nitrogens is 3. The summed E-state index contributed by atoms with van der Waals surface area (Å²) in [7, 11) is 0. The van der Waals surface area contributed by atoms with Crippen LogP contribution in [0.1, 0.15) is 10.5 Å². The van der Waals surface area contributed by atoms with Gasteiger partial charge in [0.2, 0.25) is 0 Å². The molecule has 2 heterocycles. The minimum atomic E-state index is -0.259. The predicted octanol–water partition coefficient (Wildman–Crippen LogP) is 3.45. The number of halogens is 2. The molecule has 0 aliphatic rings. The van der Waals surface area contributed by atoms with Crippen LogP contribution in [0, 0.1) is 0 Å². The number of hydrogen-bond donors (Lipinski definition) is 3. The first kappa shape index (κ1) is 12.1. The molecule has 0 radical (unpaired) electrons. The second-order valence-corrected chi connectivity index (χ2v) is 4.79. The Kier molecular flexibility index (Phi) is 2.93. The quantitative estimate of drug-likeness (QED) is 0.677. The molecule has 0 spiro atoms. The summed E-state index contributed by atoms with van der Waals surface area (Å²) in [6, 6.07) is 5.12. The molecule has 0 fully saturated rings. The van der Waals surface area contributed by atoms with E-state index in [1.807, 2.05) is 0 Å². The van der Waals surface area contributed by atoms with Crippen LogP contribution in [0.2, 0.25) is 10.0 Å². The second kappa shape index (κ2) is 4.60. The van der Waals surface area contributed by atoms with E-state index in [4.69, 9.17) is 23.2 Å². The van der Waals surface area contributed by atoms with Gasteiger partial charge in [-0.25, -0.2) is 0 Å². The highest BCUT2D eigenvalue weighted by atomic mass is 35.5. The molecule has 0 bridgehead atoms. The molecule has 3 rings (SSSR count). The third kappa shape index (κ3) is 2.30. The van der Waals surface area contributed by atoms with Crippen LogP contribution < -0.4 is 5.32 Å². The number of anilines is 1. The van der Waals surface area contributed by atoms with Gasteiger partial charge in [-0.15, -0.1) is 0 Å². The van der Waals surface area contributed by atoms with E-state index in [0.29, 0.717) is 21.4 Å². The number of fused-ring (bicyclic) bond motifs is 1. The lowest BCUT2D eigenvalue weighted by molar-refractivity contribution is 0.102. The van der Waals surface area contributed by atoms with E-state index in [1.165, 1.54) is 6.20 Å². The Hall–Kier alpha value is -1.98. The van der Waals surface area contributed by atoms with Gasteiger partial charge >= 0.3 is 0 Å². The second-order valence-electron chi connectivity index (χ2n) is 3.98. The van der Waals surface area contributed by atoms with Crippen molar-refractivity contribution in [3.05, 3.63) is 46.3 Å². The average molecular weight is 295 g/mol. The summed E-state index contributed by atoms with van der Waals surface area (Å²) >= 11 is 11.9. The molecule has 0 atom stereocenters. The highest BCUT2D eigenvalue weighted by molar-refractivity contribution is 6.42. The Morgan fingerprint density at radius 1 is 1.21 bits per heavy atom. The summed E-state index contributed by atoms with van der Waals surface area (Å²) in [5, 5.41) is 10.8. The standard InChI is InChI=1S/C12H8Cl2N4O/c13-8-1-6-2-11(18-10(6)3-9(8)14)12(19)17-7-4-15-16-5-7/h1-5,18H,(H,15,16)(H,17,19). The number of amides is 1. The maximum atomic E-state index is 12.0. The Morgan fingerprint density at radius 3 is 2.74 bits per heavy atom. The van der Waals surface area contributed by atoms with E-state index in [2.05, 4.69) is 20.5 Å². The maximum absolute atomic E-state index is 12.0. The number of nitrogens with zero attached hydrogens (tertiary/aromatic N) is 1. The summed E-state index contributed by atoms with van der Waals surface area (Å²) in [6.07, 6.45) is 3.11. The molecule has 3 N–H and O–H groups in total. The van der Waals surface area contributed by atoms with Crippen LogP contribution in [-0.2, 0) is 0 Å². The molecule has 0 saturated heterocycles. The third-order valence-corrected chi connectivity index (χ3v) is 3.38. The van der Waals surface area contributed by atoms with E-state index in [-0.39, 0.29) is 5.91 Å². The molecular weight excluding hydrogens is 287 g/mol. The summed E-state index contributed by atoms with van der Waals surface area (Å²) in [5.74, 6) is -0.259. The number of carbonyl (C=O) groups is 1. The summed E-state index contributed by atoms with van der Waals surface area (Å²) in [6.45, 7) is 0. The molecule has 0 aliphatic heterocycles. The Bertz CT molecular complexity index is 710. The Labute approximate surface area is 117 Å². The van der Waals surface area contributed by atoms with Crippen molar-refractivity contribution in [2.75, 3.05) is 5.32 Å². The van der Waals surface area contributed by atoms with Crippen molar-refractivity contribution in [1.29, 1.82) is 0 Å². The van der Waals surface area contributed by atoms with E-state index >= 15 is 0 Å². The molecule has 19 heavy (non-hydrogen) atoms. The normalized spacial score (nSPS) is 10.8. The van der Waals surface area contributed by atoms with Gasteiger partial charge < -0.3 is 10.3 Å². The Balaban J connectivity index is 1.95. The topological polar surface area (TPSA) is 73.6 Å². The molecule has 0 saturated carbocycles. The van der Waals surface area contributed by atoms with E-state index in [1.54, 1.807) is 24.4 Å². The SMILES string of the molecule is O=C(Nc1cn[nH]c1)c1cc2cc(Cl)c(Cl)cc2[nH]1. The molecule has 5 nitrogen and oxygen atoms in total. The minimum absolute atomic E-state index is 0.259. The van der Waals surface area contributed by atoms with Gasteiger partial charge in [0.05, 0.1) is 21.9 Å². The molecule has 7 heteroatoms. The fraction of sp³-hybridized carbons (Fsp3) is 0. The molecule has 1 amide bonds. The summed E-state index contributed by atoms with van der Waals surface area (Å²) < 4.78 is 0. The van der Waals surface area contributed by atoms with Gasteiger partial charge in [0.1, 0.15) is 5.69 Å². The molecule has 0 unspecified atom stereocenters. The van der Waals surface area contributed by atoms with Crippen molar-refractivity contribution in [2.45, 2.75) is 0 Å². The van der Waals surface area contributed by atoms with Crippen LogP contribution in [0.15, 0.2) is 30.6 Å². The lowest BCUT2D eigenvalue weighted by atomic mass is 10.2. The van der Waals surface area contributed by atoms with Crippen LogP contribution in [0.4, 0.5) is 5.69 Å². The monoisotopic (exact) mass is 294 g/mol. The average Bonchev–Trinajstić information content (AvgIpc) is 2.99. The first-order valence-electron chi connectivity index (χ1n) is 5.41. The summed E-state index contributed by atoms with van der Waals surface area (Å²) in [5.41, 5.74) is 1.78. The number of benzene rings is 1. The lowest BCUT2D eigenvalue weighted by Gasteiger charge is -1.98. The number of aromatic amines is 2. The maximum Gasteiger partial charge on any atom is 0.272 e. The van der Waals surface area contributed by atoms with Gasteiger partial charge in [-0.05, 0) is 18.2 Å². The number of rotatable bonds is 2. The first-order valence-corrected chi connectivity index (χ1v) is 6.17. The van der Waals surface area contributed by atoms with E-state index in [0.717, 1.165) is 10.9 Å². The van der Waals surface area contributed by atoms with Crippen LogP contribution in [0.3, 0.4) is 0 Å². The zero-order chi connectivity index (χ0) is 13.4. The lowest BCUT2D eigenvalue weighted by Crippen LogP contribution is -2.11. The molecule has 1 aromatic carbocycles. The van der Waals surface area contributed by atoms with Crippen molar-refractivity contribution >= 4 is 45.7 Å². The fourth-order valence-electron chi connectivity index (χ4n) is 1.77. The van der Waals surface area contributed by atoms with Gasteiger partial charge in [-0.3, -0.25) is 9.89 Å². The van der Waals surface area contributed by atoms with Crippen LogP contribution in [0.5, 0.6) is 0 Å². The number of carbonyl (C=O) groups excluding carboxylic acids is 1. The summed E-state index contributed by atoms with van der Waals surface area (Å²) in [4.78, 5) is 15.0. The van der Waals surface area contributed by atoms with Crippen molar-refractivity contribution < 1.29 is 4.79 Å². The van der Waals surface area contributed by atoms with Gasteiger partial charge in [0.25, 0.3) is 5.91 Å². The predicted molar refractivity (Wildman–Crippen MR) is 74.9 cm³/mol. The number of nitrogens with one attached hydrogen (secondary N) is 3. The molecule has 96 valence electrons. The molecule has 2 aromatic heterocycles. The Morgan fingerprint density at radius 2 is 2.00 bits per heavy atom.